The monoisotopic (exact) mass is 384 g/mol. The highest BCUT2D eigenvalue weighted by molar-refractivity contribution is 7.98. The van der Waals surface area contributed by atoms with Crippen molar-refractivity contribution in [3.63, 3.8) is 0 Å². The molecule has 0 amide bonds. The number of ether oxygens (including phenoxy) is 2. The van der Waals surface area contributed by atoms with Crippen LogP contribution in [-0.4, -0.2) is 30.9 Å². The molecule has 1 saturated carbocycles. The van der Waals surface area contributed by atoms with Crippen molar-refractivity contribution in [1.82, 2.24) is 0 Å². The predicted molar refractivity (Wildman–Crippen MR) is 107 cm³/mol. The number of methoxy groups -OCH3 is 1. The van der Waals surface area contributed by atoms with E-state index < -0.39 is 11.4 Å². The number of Topliss-reactive ketones (excluding diaryl/α,β-unsaturated/α-hetero) is 1. The number of esters is 1. The van der Waals surface area contributed by atoms with Crippen LogP contribution in [0.25, 0.3) is 0 Å². The highest BCUT2D eigenvalue weighted by Gasteiger charge is 2.56. The Balaban J connectivity index is 1.72. The molecule has 0 atom stereocenters. The molecule has 3 rings (SSSR count). The van der Waals surface area contributed by atoms with E-state index in [2.05, 4.69) is 0 Å². The minimum Gasteiger partial charge on any atom is -0.497 e. The summed E-state index contributed by atoms with van der Waals surface area (Å²) in [6, 6.07) is 16.4. The largest absolute Gasteiger partial charge is 0.497 e. The lowest BCUT2D eigenvalue weighted by atomic mass is 9.59. The standard InChI is InChI=1S/C22H24O4S/c1-25-19-10-8-16(9-11-19)14-26-21(24)22(12-17(13-22)15-27-2)20(23)18-6-4-3-5-7-18/h3-11,17H,12-15H2,1-2H3. The maximum Gasteiger partial charge on any atom is 0.320 e. The third-order valence-corrected chi connectivity index (χ3v) is 5.87. The zero-order chi connectivity index (χ0) is 19.3. The molecule has 0 spiro atoms. The predicted octanol–water partition coefficient (Wildman–Crippen LogP) is 4.38. The fourth-order valence-corrected chi connectivity index (χ4v) is 4.31. The van der Waals surface area contributed by atoms with Crippen molar-refractivity contribution < 1.29 is 19.1 Å². The molecular weight excluding hydrogens is 360 g/mol. The maximum atomic E-state index is 13.1. The summed E-state index contributed by atoms with van der Waals surface area (Å²) in [6.07, 6.45) is 3.16. The van der Waals surface area contributed by atoms with Gasteiger partial charge in [0.05, 0.1) is 7.11 Å². The second kappa shape index (κ2) is 8.61. The van der Waals surface area contributed by atoms with E-state index >= 15 is 0 Å². The molecule has 4 nitrogen and oxygen atoms in total. The Morgan fingerprint density at radius 2 is 1.74 bits per heavy atom. The van der Waals surface area contributed by atoms with Gasteiger partial charge in [-0.15, -0.1) is 0 Å². The van der Waals surface area contributed by atoms with Crippen LogP contribution in [0.1, 0.15) is 28.8 Å². The van der Waals surface area contributed by atoms with Crippen LogP contribution in [0.4, 0.5) is 0 Å². The quantitative estimate of drug-likeness (QED) is 0.384. The molecule has 0 saturated heterocycles. The van der Waals surface area contributed by atoms with Crippen LogP contribution in [0.15, 0.2) is 54.6 Å². The summed E-state index contributed by atoms with van der Waals surface area (Å²) in [5.41, 5.74) is 0.391. The van der Waals surface area contributed by atoms with Crippen molar-refractivity contribution in [2.45, 2.75) is 19.4 Å². The molecule has 0 N–H and O–H groups in total. The number of carbonyl (C=O) groups is 2. The minimum absolute atomic E-state index is 0.125. The Kier molecular flexibility index (Phi) is 6.22. The molecule has 0 radical (unpaired) electrons. The zero-order valence-electron chi connectivity index (χ0n) is 15.6. The van der Waals surface area contributed by atoms with Crippen LogP contribution in [0.5, 0.6) is 5.75 Å². The first-order valence-electron chi connectivity index (χ1n) is 8.98. The van der Waals surface area contributed by atoms with Gasteiger partial charge >= 0.3 is 5.97 Å². The smallest absolute Gasteiger partial charge is 0.320 e. The van der Waals surface area contributed by atoms with E-state index in [1.165, 1.54) is 0 Å². The fraction of sp³-hybridized carbons (Fsp3) is 0.364. The summed E-state index contributed by atoms with van der Waals surface area (Å²) in [4.78, 5) is 26.0. The van der Waals surface area contributed by atoms with Crippen molar-refractivity contribution in [2.24, 2.45) is 11.3 Å². The summed E-state index contributed by atoms with van der Waals surface area (Å²) < 4.78 is 10.7. The van der Waals surface area contributed by atoms with Crippen LogP contribution in [-0.2, 0) is 16.1 Å². The first-order chi connectivity index (χ1) is 13.1. The fourth-order valence-electron chi connectivity index (χ4n) is 3.60. The molecule has 5 heteroatoms. The van der Waals surface area contributed by atoms with E-state index in [0.717, 1.165) is 17.1 Å². The molecule has 0 heterocycles. The normalized spacial score (nSPS) is 21.2. The van der Waals surface area contributed by atoms with Gasteiger partial charge in [-0.1, -0.05) is 42.5 Å². The molecular formula is C22H24O4S. The number of rotatable bonds is 8. The van der Waals surface area contributed by atoms with Crippen molar-refractivity contribution >= 4 is 23.5 Å². The molecule has 142 valence electrons. The van der Waals surface area contributed by atoms with Gasteiger partial charge in [-0.3, -0.25) is 9.59 Å². The van der Waals surface area contributed by atoms with E-state index in [-0.39, 0.29) is 12.4 Å². The van der Waals surface area contributed by atoms with Crippen molar-refractivity contribution in [3.8, 4) is 5.75 Å². The Bertz CT molecular complexity index is 780. The van der Waals surface area contributed by atoms with Crippen LogP contribution < -0.4 is 4.74 Å². The van der Waals surface area contributed by atoms with E-state index in [1.807, 2.05) is 48.7 Å². The SMILES string of the molecule is COc1ccc(COC(=O)C2(C(=O)c3ccccc3)CC(CSC)C2)cc1. The van der Waals surface area contributed by atoms with Crippen molar-refractivity contribution in [2.75, 3.05) is 19.1 Å². The van der Waals surface area contributed by atoms with Crippen molar-refractivity contribution in [1.29, 1.82) is 0 Å². The Morgan fingerprint density at radius 3 is 2.33 bits per heavy atom. The maximum absolute atomic E-state index is 13.1. The molecule has 1 aliphatic carbocycles. The highest BCUT2D eigenvalue weighted by atomic mass is 32.2. The number of carbonyl (C=O) groups excluding carboxylic acids is 2. The molecule has 0 unspecified atom stereocenters. The van der Waals surface area contributed by atoms with Crippen LogP contribution in [0.3, 0.4) is 0 Å². The van der Waals surface area contributed by atoms with Crippen LogP contribution in [0.2, 0.25) is 0 Å². The van der Waals surface area contributed by atoms with Gasteiger partial charge in [0.25, 0.3) is 0 Å². The number of hydrogen-bond acceptors (Lipinski definition) is 5. The molecule has 2 aromatic carbocycles. The lowest BCUT2D eigenvalue weighted by molar-refractivity contribution is -0.161. The second-order valence-electron chi connectivity index (χ2n) is 6.93. The summed E-state index contributed by atoms with van der Waals surface area (Å²) in [5.74, 6) is 1.54. The highest BCUT2D eigenvalue weighted by Crippen LogP contribution is 2.50. The van der Waals surface area contributed by atoms with E-state index in [1.54, 1.807) is 31.0 Å². The summed E-state index contributed by atoms with van der Waals surface area (Å²) in [6.45, 7) is 0.153. The van der Waals surface area contributed by atoms with Crippen molar-refractivity contribution in [3.05, 3.63) is 65.7 Å². The molecule has 0 aromatic heterocycles. The van der Waals surface area contributed by atoms with Crippen LogP contribution >= 0.6 is 11.8 Å². The molecule has 27 heavy (non-hydrogen) atoms. The van der Waals surface area contributed by atoms with Gasteiger partial charge in [0.2, 0.25) is 0 Å². The van der Waals surface area contributed by atoms with E-state index in [4.69, 9.17) is 9.47 Å². The van der Waals surface area contributed by atoms with Crippen LogP contribution in [0, 0.1) is 11.3 Å². The molecule has 1 fully saturated rings. The first-order valence-corrected chi connectivity index (χ1v) is 10.4. The van der Waals surface area contributed by atoms with Gasteiger partial charge in [-0.05, 0) is 48.5 Å². The van der Waals surface area contributed by atoms with E-state index in [0.29, 0.717) is 24.3 Å². The Labute approximate surface area is 164 Å². The summed E-state index contributed by atoms with van der Waals surface area (Å²) >= 11 is 1.74. The molecule has 2 aromatic rings. The molecule has 0 bridgehead atoms. The number of benzene rings is 2. The third-order valence-electron chi connectivity index (χ3n) is 5.07. The first kappa shape index (κ1) is 19.5. The molecule has 1 aliphatic rings. The van der Waals surface area contributed by atoms with Gasteiger partial charge in [0.15, 0.2) is 5.78 Å². The lowest BCUT2D eigenvalue weighted by Crippen LogP contribution is -2.51. The summed E-state index contributed by atoms with van der Waals surface area (Å²) in [7, 11) is 1.61. The third kappa shape index (κ3) is 4.19. The van der Waals surface area contributed by atoms with Gasteiger partial charge < -0.3 is 9.47 Å². The van der Waals surface area contributed by atoms with Gasteiger partial charge in [0.1, 0.15) is 17.8 Å². The van der Waals surface area contributed by atoms with Gasteiger partial charge in [-0.25, -0.2) is 0 Å². The minimum atomic E-state index is -1.05. The second-order valence-corrected chi connectivity index (χ2v) is 7.84. The zero-order valence-corrected chi connectivity index (χ0v) is 16.5. The number of hydrogen-bond donors (Lipinski definition) is 0. The average molecular weight is 384 g/mol. The van der Waals surface area contributed by atoms with Gasteiger partial charge in [0, 0.05) is 5.56 Å². The lowest BCUT2D eigenvalue weighted by Gasteiger charge is -2.44. The van der Waals surface area contributed by atoms with Gasteiger partial charge in [-0.2, -0.15) is 11.8 Å². The summed E-state index contributed by atoms with van der Waals surface area (Å²) in [5, 5.41) is 0. The topological polar surface area (TPSA) is 52.6 Å². The number of thioether (sulfide) groups is 1. The Morgan fingerprint density at radius 1 is 1.07 bits per heavy atom. The Hall–Kier alpha value is -2.27. The van der Waals surface area contributed by atoms with E-state index in [9.17, 15) is 9.59 Å². The number of ketones is 1. The average Bonchev–Trinajstić information content (AvgIpc) is 2.69. The molecule has 0 aliphatic heterocycles.